The zero-order valence-electron chi connectivity index (χ0n) is 10.4. The number of hydrogen-bond donors (Lipinski definition) is 1. The van der Waals surface area contributed by atoms with E-state index >= 15 is 0 Å². The molecule has 0 saturated carbocycles. The van der Waals surface area contributed by atoms with E-state index in [1.54, 1.807) is 6.07 Å². The van der Waals surface area contributed by atoms with Gasteiger partial charge in [0.2, 0.25) is 10.0 Å². The summed E-state index contributed by atoms with van der Waals surface area (Å²) in [5.74, 6) is 0.283. The molecule has 1 aromatic rings. The Morgan fingerprint density at radius 2 is 2.21 bits per heavy atom. The normalized spacial score (nSPS) is 17.0. The van der Waals surface area contributed by atoms with Crippen LogP contribution in [0.25, 0.3) is 0 Å². The molecule has 1 saturated heterocycles. The van der Waals surface area contributed by atoms with E-state index in [0.29, 0.717) is 19.8 Å². The van der Waals surface area contributed by atoms with Crippen LogP contribution in [0.3, 0.4) is 0 Å². The van der Waals surface area contributed by atoms with Crippen LogP contribution < -0.4 is 4.72 Å². The van der Waals surface area contributed by atoms with E-state index in [9.17, 15) is 8.42 Å². The molecule has 2 heterocycles. The molecule has 2 rings (SSSR count). The number of nitrogens with zero attached hydrogens (tertiary/aromatic N) is 2. The van der Waals surface area contributed by atoms with Crippen molar-refractivity contribution in [2.75, 3.05) is 19.8 Å². The zero-order valence-corrected chi connectivity index (χ0v) is 11.2. The lowest BCUT2D eigenvalue weighted by Gasteiger charge is -2.22. The highest BCUT2D eigenvalue weighted by Gasteiger charge is 2.21. The van der Waals surface area contributed by atoms with Crippen LogP contribution in [0.2, 0.25) is 0 Å². The predicted molar refractivity (Wildman–Crippen MR) is 67.7 cm³/mol. The van der Waals surface area contributed by atoms with Gasteiger partial charge in [-0.15, -0.1) is 0 Å². The minimum Gasteiger partial charge on any atom is -0.381 e. The molecular formula is C12H15N3O3S. The molecule has 6 nitrogen and oxygen atoms in total. The van der Waals surface area contributed by atoms with Gasteiger partial charge >= 0.3 is 0 Å². The van der Waals surface area contributed by atoms with Crippen molar-refractivity contribution in [1.29, 1.82) is 5.26 Å². The van der Waals surface area contributed by atoms with E-state index in [2.05, 4.69) is 9.71 Å². The molecule has 0 aromatic carbocycles. The summed E-state index contributed by atoms with van der Waals surface area (Å²) in [5, 5.41) is 8.88. The SMILES string of the molecule is N#Cc1ncccc1S(=O)(=O)NCC1CCOCC1. The maximum Gasteiger partial charge on any atom is 0.243 e. The Bertz CT molecular complexity index is 574. The molecule has 0 radical (unpaired) electrons. The molecule has 1 fully saturated rings. The van der Waals surface area contributed by atoms with Crippen molar-refractivity contribution in [3.63, 3.8) is 0 Å². The van der Waals surface area contributed by atoms with Gasteiger partial charge in [-0.2, -0.15) is 5.26 Å². The lowest BCUT2D eigenvalue weighted by molar-refractivity contribution is 0.0678. The molecule has 1 aliphatic heterocycles. The lowest BCUT2D eigenvalue weighted by Crippen LogP contribution is -2.32. The second kappa shape index (κ2) is 6.10. The van der Waals surface area contributed by atoms with Crippen LogP contribution in [0.5, 0.6) is 0 Å². The van der Waals surface area contributed by atoms with Crippen LogP contribution in [0.4, 0.5) is 0 Å². The highest BCUT2D eigenvalue weighted by Crippen LogP contribution is 2.16. The Kier molecular flexibility index (Phi) is 4.47. The second-order valence-electron chi connectivity index (χ2n) is 4.37. The molecule has 0 atom stereocenters. The van der Waals surface area contributed by atoms with E-state index in [1.807, 2.05) is 0 Å². The fraction of sp³-hybridized carbons (Fsp3) is 0.500. The molecule has 0 spiro atoms. The average molecular weight is 281 g/mol. The highest BCUT2D eigenvalue weighted by atomic mass is 32.2. The Balaban J connectivity index is 2.07. The standard InChI is InChI=1S/C12H15N3O3S/c13-8-11-12(2-1-5-14-11)19(16,17)15-9-10-3-6-18-7-4-10/h1-2,5,10,15H,3-4,6-7,9H2. The Morgan fingerprint density at radius 1 is 1.47 bits per heavy atom. The summed E-state index contributed by atoms with van der Waals surface area (Å²) in [6, 6.07) is 4.68. The summed E-state index contributed by atoms with van der Waals surface area (Å²) < 4.78 is 32.0. The van der Waals surface area contributed by atoms with Gasteiger partial charge < -0.3 is 4.74 Å². The van der Waals surface area contributed by atoms with Gasteiger partial charge in [-0.3, -0.25) is 0 Å². The molecule has 7 heteroatoms. The third-order valence-electron chi connectivity index (χ3n) is 3.07. The summed E-state index contributed by atoms with van der Waals surface area (Å²) in [6.45, 7) is 1.71. The fourth-order valence-corrected chi connectivity index (χ4v) is 3.17. The summed E-state index contributed by atoms with van der Waals surface area (Å²) in [6.07, 6.45) is 3.09. The number of ether oxygens (including phenoxy) is 1. The minimum atomic E-state index is -3.68. The molecule has 0 amide bonds. The third kappa shape index (κ3) is 3.50. The van der Waals surface area contributed by atoms with E-state index in [4.69, 9.17) is 10.00 Å². The first-order chi connectivity index (χ1) is 9.13. The van der Waals surface area contributed by atoms with Crippen LogP contribution >= 0.6 is 0 Å². The Labute approximate surface area is 112 Å². The van der Waals surface area contributed by atoms with Crippen LogP contribution in [0.15, 0.2) is 23.2 Å². The highest BCUT2D eigenvalue weighted by molar-refractivity contribution is 7.89. The van der Waals surface area contributed by atoms with Gasteiger partial charge in [0.05, 0.1) is 0 Å². The number of nitrogens with one attached hydrogen (secondary N) is 1. The van der Waals surface area contributed by atoms with Crippen molar-refractivity contribution in [3.05, 3.63) is 24.0 Å². The number of sulfonamides is 1. The maximum absolute atomic E-state index is 12.1. The molecule has 0 aliphatic carbocycles. The smallest absolute Gasteiger partial charge is 0.243 e. The van der Waals surface area contributed by atoms with Gasteiger partial charge in [-0.05, 0) is 30.9 Å². The summed E-state index contributed by atoms with van der Waals surface area (Å²) in [5.41, 5.74) is -0.0815. The molecule has 1 N–H and O–H groups in total. The fourth-order valence-electron chi connectivity index (χ4n) is 1.95. The minimum absolute atomic E-state index is 0.0652. The second-order valence-corrected chi connectivity index (χ2v) is 6.10. The molecule has 102 valence electrons. The molecule has 1 aromatic heterocycles. The van der Waals surface area contributed by atoms with Crippen LogP contribution in [-0.2, 0) is 14.8 Å². The number of hydrogen-bond acceptors (Lipinski definition) is 5. The van der Waals surface area contributed by atoms with Crippen LogP contribution in [0.1, 0.15) is 18.5 Å². The Hall–Kier alpha value is -1.49. The average Bonchev–Trinajstić information content (AvgIpc) is 2.46. The van der Waals surface area contributed by atoms with Crippen LogP contribution in [0, 0.1) is 17.2 Å². The largest absolute Gasteiger partial charge is 0.381 e. The zero-order chi connectivity index (χ0) is 13.7. The van der Waals surface area contributed by atoms with Gasteiger partial charge in [-0.25, -0.2) is 18.1 Å². The first-order valence-electron chi connectivity index (χ1n) is 6.06. The van der Waals surface area contributed by atoms with Crippen molar-refractivity contribution in [1.82, 2.24) is 9.71 Å². The predicted octanol–water partition coefficient (Wildman–Crippen LogP) is 0.658. The summed E-state index contributed by atoms with van der Waals surface area (Å²) in [4.78, 5) is 3.69. The van der Waals surface area contributed by atoms with Crippen molar-refractivity contribution >= 4 is 10.0 Å². The quantitative estimate of drug-likeness (QED) is 0.875. The summed E-state index contributed by atoms with van der Waals surface area (Å²) in [7, 11) is -3.68. The van der Waals surface area contributed by atoms with Gasteiger partial charge in [0.25, 0.3) is 0 Å². The van der Waals surface area contributed by atoms with Crippen molar-refractivity contribution in [3.8, 4) is 6.07 Å². The van der Waals surface area contributed by atoms with Crippen molar-refractivity contribution < 1.29 is 13.2 Å². The molecule has 1 aliphatic rings. The monoisotopic (exact) mass is 281 g/mol. The molecular weight excluding hydrogens is 266 g/mol. The number of pyridine rings is 1. The van der Waals surface area contributed by atoms with E-state index in [-0.39, 0.29) is 16.5 Å². The summed E-state index contributed by atoms with van der Waals surface area (Å²) >= 11 is 0. The number of rotatable bonds is 4. The van der Waals surface area contributed by atoms with Crippen LogP contribution in [-0.4, -0.2) is 33.2 Å². The molecule has 19 heavy (non-hydrogen) atoms. The van der Waals surface area contributed by atoms with E-state index in [0.717, 1.165) is 12.8 Å². The van der Waals surface area contributed by atoms with Gasteiger partial charge in [0.15, 0.2) is 5.69 Å². The molecule has 0 bridgehead atoms. The first-order valence-corrected chi connectivity index (χ1v) is 7.54. The Morgan fingerprint density at radius 3 is 2.89 bits per heavy atom. The third-order valence-corrected chi connectivity index (χ3v) is 4.52. The van der Waals surface area contributed by atoms with Gasteiger partial charge in [0, 0.05) is 26.0 Å². The topological polar surface area (TPSA) is 92.1 Å². The lowest BCUT2D eigenvalue weighted by atomic mass is 10.0. The maximum atomic E-state index is 12.1. The van der Waals surface area contributed by atoms with E-state index in [1.165, 1.54) is 18.3 Å². The number of nitriles is 1. The first kappa shape index (κ1) is 13.9. The van der Waals surface area contributed by atoms with E-state index < -0.39 is 10.0 Å². The molecule has 0 unspecified atom stereocenters. The van der Waals surface area contributed by atoms with Crippen molar-refractivity contribution in [2.45, 2.75) is 17.7 Å². The number of aromatic nitrogens is 1. The van der Waals surface area contributed by atoms with Crippen molar-refractivity contribution in [2.24, 2.45) is 5.92 Å². The van der Waals surface area contributed by atoms with Gasteiger partial charge in [-0.1, -0.05) is 0 Å². The van der Waals surface area contributed by atoms with Gasteiger partial charge in [0.1, 0.15) is 11.0 Å².